The fourth-order valence-electron chi connectivity index (χ4n) is 3.24. The van der Waals surface area contributed by atoms with Crippen molar-refractivity contribution in [1.82, 2.24) is 0 Å². The Bertz CT molecular complexity index is 599. The van der Waals surface area contributed by atoms with Crippen molar-refractivity contribution in [2.24, 2.45) is 31.3 Å². The minimum Gasteiger partial charge on any atom is -0.211 e. The van der Waals surface area contributed by atoms with Gasteiger partial charge in [-0.15, -0.1) is 0 Å². The number of carbonyl (C=O) groups excluding carboxylic acids is 4. The number of hydrogen-bond acceptors (Lipinski definition) is 8. The van der Waals surface area contributed by atoms with Gasteiger partial charge in [-0.2, -0.15) is 0 Å². The molecule has 1 unspecified atom stereocenters. The largest absolute Gasteiger partial charge is 0.234 e. The van der Waals surface area contributed by atoms with Crippen molar-refractivity contribution in [2.75, 3.05) is 26.2 Å². The van der Waals surface area contributed by atoms with Crippen LogP contribution in [0.1, 0.15) is 85.0 Å². The quantitative estimate of drug-likeness (QED) is 0.173. The Kier molecular flexibility index (Phi) is 23.6. The summed E-state index contributed by atoms with van der Waals surface area (Å²) in [5.74, 6) is 0.349. The van der Waals surface area contributed by atoms with Gasteiger partial charge >= 0.3 is 0 Å². The molecule has 0 aliphatic carbocycles. The summed E-state index contributed by atoms with van der Waals surface area (Å²) >= 11 is 0. The first-order valence-electron chi connectivity index (χ1n) is 11.1. The molecule has 8 heteroatoms. The molecule has 0 spiro atoms. The van der Waals surface area contributed by atoms with Crippen LogP contribution < -0.4 is 0 Å². The SMILES string of the molecule is CC(CN=C=O)CC(C)(C)CCN=C=O.O=C=NCCCCCCCCCCN=C=O. The highest BCUT2D eigenvalue weighted by Crippen LogP contribution is 2.29. The second-order valence-electron chi connectivity index (χ2n) is 8.40. The second-order valence-corrected chi connectivity index (χ2v) is 8.40. The molecule has 0 aromatic rings. The van der Waals surface area contributed by atoms with Gasteiger partial charge in [0.1, 0.15) is 0 Å². The van der Waals surface area contributed by atoms with Crippen LogP contribution in [0.2, 0.25) is 0 Å². The monoisotopic (exact) mass is 434 g/mol. The van der Waals surface area contributed by atoms with Gasteiger partial charge in [0.05, 0.1) is 26.2 Å². The molecule has 1 atom stereocenters. The maximum absolute atomic E-state index is 9.94. The third-order valence-electron chi connectivity index (χ3n) is 4.75. The van der Waals surface area contributed by atoms with Gasteiger partial charge in [-0.05, 0) is 37.0 Å². The Balaban J connectivity index is 0. The van der Waals surface area contributed by atoms with E-state index in [0.29, 0.717) is 32.1 Å². The van der Waals surface area contributed by atoms with Crippen molar-refractivity contribution >= 4 is 24.3 Å². The first kappa shape index (κ1) is 30.7. The van der Waals surface area contributed by atoms with Gasteiger partial charge in [-0.1, -0.05) is 59.3 Å². The van der Waals surface area contributed by atoms with Crippen LogP contribution in [0.3, 0.4) is 0 Å². The normalized spacial score (nSPS) is 10.8. The molecule has 0 radical (unpaired) electrons. The van der Waals surface area contributed by atoms with Gasteiger partial charge in [0.2, 0.25) is 24.3 Å². The van der Waals surface area contributed by atoms with Crippen LogP contribution in [0.5, 0.6) is 0 Å². The topological polar surface area (TPSA) is 118 Å². The van der Waals surface area contributed by atoms with E-state index in [1.807, 2.05) is 6.92 Å². The van der Waals surface area contributed by atoms with Crippen LogP contribution in [0.4, 0.5) is 0 Å². The molecular weight excluding hydrogens is 396 g/mol. The second kappa shape index (κ2) is 23.8. The first-order valence-corrected chi connectivity index (χ1v) is 11.1. The van der Waals surface area contributed by atoms with Crippen molar-refractivity contribution in [3.05, 3.63) is 0 Å². The maximum Gasteiger partial charge on any atom is 0.234 e. The highest BCUT2D eigenvalue weighted by Gasteiger charge is 2.20. The molecule has 0 saturated carbocycles. The van der Waals surface area contributed by atoms with E-state index in [2.05, 4.69) is 33.8 Å². The van der Waals surface area contributed by atoms with Crippen molar-refractivity contribution in [2.45, 2.75) is 85.0 Å². The van der Waals surface area contributed by atoms with E-state index >= 15 is 0 Å². The summed E-state index contributed by atoms with van der Waals surface area (Å²) in [5.41, 5.74) is 0.109. The molecule has 8 nitrogen and oxygen atoms in total. The van der Waals surface area contributed by atoms with Gasteiger partial charge in [0.15, 0.2) is 0 Å². The van der Waals surface area contributed by atoms with E-state index in [-0.39, 0.29) is 5.41 Å². The molecule has 0 aliphatic rings. The maximum atomic E-state index is 9.94. The lowest BCUT2D eigenvalue weighted by Gasteiger charge is -2.26. The van der Waals surface area contributed by atoms with Crippen molar-refractivity contribution in [1.29, 1.82) is 0 Å². The molecule has 0 amide bonds. The van der Waals surface area contributed by atoms with Gasteiger partial charge < -0.3 is 0 Å². The minimum atomic E-state index is 0.109. The van der Waals surface area contributed by atoms with Crippen LogP contribution >= 0.6 is 0 Å². The molecule has 0 rings (SSSR count). The number of hydrogen-bond donors (Lipinski definition) is 0. The minimum absolute atomic E-state index is 0.109. The lowest BCUT2D eigenvalue weighted by atomic mass is 9.80. The molecule has 0 fully saturated rings. The van der Waals surface area contributed by atoms with Crippen LogP contribution in [-0.4, -0.2) is 50.5 Å². The number of aliphatic imine (C=N–C) groups is 4. The van der Waals surface area contributed by atoms with E-state index in [1.165, 1.54) is 31.8 Å². The average Bonchev–Trinajstić information content (AvgIpc) is 2.73. The fraction of sp³-hybridized carbons (Fsp3) is 0.826. The molecule has 0 heterocycles. The Labute approximate surface area is 186 Å². The smallest absolute Gasteiger partial charge is 0.211 e. The molecule has 31 heavy (non-hydrogen) atoms. The predicted octanol–water partition coefficient (Wildman–Crippen LogP) is 4.88. The average molecular weight is 435 g/mol. The highest BCUT2D eigenvalue weighted by molar-refractivity contribution is 5.33. The molecule has 0 saturated heterocycles. The fourth-order valence-corrected chi connectivity index (χ4v) is 3.24. The Morgan fingerprint density at radius 3 is 1.42 bits per heavy atom. The zero-order valence-corrected chi connectivity index (χ0v) is 19.4. The molecule has 0 N–H and O–H groups in total. The molecule has 0 aromatic heterocycles. The molecular formula is C23H38N4O4. The van der Waals surface area contributed by atoms with E-state index in [0.717, 1.165) is 38.5 Å². The number of rotatable bonds is 18. The lowest BCUT2D eigenvalue weighted by Crippen LogP contribution is -2.18. The summed E-state index contributed by atoms with van der Waals surface area (Å²) < 4.78 is 0. The summed E-state index contributed by atoms with van der Waals surface area (Å²) in [6.07, 6.45) is 17.1. The molecule has 174 valence electrons. The van der Waals surface area contributed by atoms with Crippen molar-refractivity contribution in [3.63, 3.8) is 0 Å². The summed E-state index contributed by atoms with van der Waals surface area (Å²) in [7, 11) is 0. The standard InChI is InChI=1S/C12H20N2O2.C11H18N2O2/c15-11-13-9-7-5-3-1-2-4-6-8-10-14-12-16;1-10(7-13-9-15)6-11(2,3)4-5-12-8-14/h1-10H2;10H,4-7H2,1-3H3. The van der Waals surface area contributed by atoms with Crippen molar-refractivity contribution in [3.8, 4) is 0 Å². The van der Waals surface area contributed by atoms with Gasteiger partial charge in [0, 0.05) is 0 Å². The zero-order valence-electron chi connectivity index (χ0n) is 19.4. The van der Waals surface area contributed by atoms with Gasteiger partial charge in [0.25, 0.3) is 0 Å². The summed E-state index contributed by atoms with van der Waals surface area (Å²) in [4.78, 5) is 53.5. The summed E-state index contributed by atoms with van der Waals surface area (Å²) in [6, 6.07) is 0. The van der Waals surface area contributed by atoms with Crippen LogP contribution in [0, 0.1) is 11.3 Å². The third kappa shape index (κ3) is 27.5. The number of isocyanates is 4. The van der Waals surface area contributed by atoms with E-state index in [4.69, 9.17) is 0 Å². The Morgan fingerprint density at radius 1 is 0.613 bits per heavy atom. The Morgan fingerprint density at radius 2 is 1.00 bits per heavy atom. The van der Waals surface area contributed by atoms with E-state index < -0.39 is 0 Å². The summed E-state index contributed by atoms with van der Waals surface area (Å²) in [5, 5.41) is 0. The van der Waals surface area contributed by atoms with E-state index in [1.54, 1.807) is 18.2 Å². The van der Waals surface area contributed by atoms with Gasteiger partial charge in [-0.25, -0.2) is 39.1 Å². The number of unbranched alkanes of at least 4 members (excludes halogenated alkanes) is 7. The van der Waals surface area contributed by atoms with Crippen LogP contribution in [0.25, 0.3) is 0 Å². The lowest BCUT2D eigenvalue weighted by molar-refractivity contribution is 0.264. The molecule has 0 bridgehead atoms. The third-order valence-corrected chi connectivity index (χ3v) is 4.75. The van der Waals surface area contributed by atoms with Gasteiger partial charge in [-0.3, -0.25) is 0 Å². The zero-order chi connectivity index (χ0) is 23.6. The molecule has 0 aromatic carbocycles. The predicted molar refractivity (Wildman–Crippen MR) is 121 cm³/mol. The van der Waals surface area contributed by atoms with E-state index in [9.17, 15) is 19.2 Å². The van der Waals surface area contributed by atoms with Crippen LogP contribution in [0.15, 0.2) is 20.0 Å². The Hall–Kier alpha value is -2.48. The first-order chi connectivity index (χ1) is 14.9. The number of nitrogens with zero attached hydrogens (tertiary/aromatic N) is 4. The van der Waals surface area contributed by atoms with Crippen LogP contribution in [-0.2, 0) is 19.2 Å². The van der Waals surface area contributed by atoms with Crippen molar-refractivity contribution < 1.29 is 19.2 Å². The summed E-state index contributed by atoms with van der Waals surface area (Å²) in [6.45, 7) is 8.55. The molecule has 0 aliphatic heterocycles. The highest BCUT2D eigenvalue weighted by atomic mass is 16.1.